The Kier molecular flexibility index (Phi) is 5.49. The molecular weight excluding hydrogens is 338 g/mol. The molecule has 2 aromatic carbocycles. The fourth-order valence-corrected chi connectivity index (χ4v) is 2.34. The van der Waals surface area contributed by atoms with E-state index in [0.717, 1.165) is 5.56 Å². The number of halogens is 1. The van der Waals surface area contributed by atoms with E-state index in [1.165, 1.54) is 0 Å². The molecule has 0 fully saturated rings. The number of carbonyl (C=O) groups excluding carboxylic acids is 1. The molecule has 0 atom stereocenters. The van der Waals surface area contributed by atoms with Gasteiger partial charge in [-0.05, 0) is 35.9 Å². The fraction of sp³-hybridized carbons (Fsp3) is 0.0526. The minimum Gasteiger partial charge on any atom is -0.439 e. The largest absolute Gasteiger partial charge is 0.439 e. The molecule has 3 aromatic rings. The van der Waals surface area contributed by atoms with Crippen molar-refractivity contribution >= 4 is 23.3 Å². The van der Waals surface area contributed by atoms with Gasteiger partial charge >= 0.3 is 6.03 Å². The summed E-state index contributed by atoms with van der Waals surface area (Å²) < 4.78 is 5.68. The molecule has 126 valence electrons. The van der Waals surface area contributed by atoms with E-state index < -0.39 is 0 Å². The highest BCUT2D eigenvalue weighted by Crippen LogP contribution is 2.21. The Morgan fingerprint density at radius 1 is 1.04 bits per heavy atom. The number of hydrogen-bond donors (Lipinski definition) is 2. The van der Waals surface area contributed by atoms with Gasteiger partial charge in [0.1, 0.15) is 5.75 Å². The third kappa shape index (κ3) is 4.96. The van der Waals surface area contributed by atoms with Gasteiger partial charge in [0.2, 0.25) is 5.88 Å². The van der Waals surface area contributed by atoms with Crippen molar-refractivity contribution in [2.45, 2.75) is 6.54 Å². The number of anilines is 1. The lowest BCUT2D eigenvalue weighted by molar-refractivity contribution is 0.251. The first-order valence-electron chi connectivity index (χ1n) is 7.68. The number of para-hydroxylation sites is 1. The van der Waals surface area contributed by atoms with Crippen LogP contribution in [0.15, 0.2) is 72.9 Å². The Hall–Kier alpha value is -3.05. The predicted molar refractivity (Wildman–Crippen MR) is 98.1 cm³/mol. The van der Waals surface area contributed by atoms with E-state index in [4.69, 9.17) is 16.3 Å². The Balaban J connectivity index is 1.57. The van der Waals surface area contributed by atoms with Crippen LogP contribution in [0.3, 0.4) is 0 Å². The van der Waals surface area contributed by atoms with E-state index in [2.05, 4.69) is 15.6 Å². The zero-order valence-corrected chi connectivity index (χ0v) is 14.0. The SMILES string of the molecule is O=C(NCc1cccc(Oc2ccccn2)c1)Nc1ccccc1Cl. The minimum atomic E-state index is -0.329. The van der Waals surface area contributed by atoms with Gasteiger partial charge in [0.05, 0.1) is 10.7 Å². The molecule has 0 unspecified atom stereocenters. The molecule has 0 bridgehead atoms. The molecule has 5 nitrogen and oxygen atoms in total. The van der Waals surface area contributed by atoms with Crippen molar-refractivity contribution in [2.75, 3.05) is 5.32 Å². The third-order valence-corrected chi connectivity index (χ3v) is 3.66. The fourth-order valence-electron chi connectivity index (χ4n) is 2.16. The second kappa shape index (κ2) is 8.17. The van der Waals surface area contributed by atoms with Crippen LogP contribution in [0.2, 0.25) is 5.02 Å². The first-order chi connectivity index (χ1) is 12.2. The number of aromatic nitrogens is 1. The van der Waals surface area contributed by atoms with Crippen molar-refractivity contribution in [2.24, 2.45) is 0 Å². The van der Waals surface area contributed by atoms with E-state index in [1.54, 1.807) is 36.5 Å². The quantitative estimate of drug-likeness (QED) is 0.689. The summed E-state index contributed by atoms with van der Waals surface area (Å²) in [7, 11) is 0. The predicted octanol–water partition coefficient (Wildman–Crippen LogP) is 4.85. The molecule has 0 aliphatic rings. The van der Waals surface area contributed by atoms with E-state index in [9.17, 15) is 4.79 Å². The lowest BCUT2D eigenvalue weighted by atomic mass is 10.2. The molecule has 6 heteroatoms. The third-order valence-electron chi connectivity index (χ3n) is 3.33. The zero-order chi connectivity index (χ0) is 17.5. The van der Waals surface area contributed by atoms with E-state index in [-0.39, 0.29) is 6.03 Å². The summed E-state index contributed by atoms with van der Waals surface area (Å²) in [5, 5.41) is 5.99. The number of ether oxygens (including phenoxy) is 1. The van der Waals surface area contributed by atoms with Crippen LogP contribution in [-0.2, 0) is 6.54 Å². The first kappa shape index (κ1) is 16.8. The molecule has 0 aliphatic carbocycles. The van der Waals surface area contributed by atoms with Crippen molar-refractivity contribution < 1.29 is 9.53 Å². The average molecular weight is 354 g/mol. The summed E-state index contributed by atoms with van der Waals surface area (Å²) in [4.78, 5) is 16.1. The maximum atomic E-state index is 12.0. The number of nitrogens with zero attached hydrogens (tertiary/aromatic N) is 1. The summed E-state index contributed by atoms with van der Waals surface area (Å²) in [5.74, 6) is 1.17. The van der Waals surface area contributed by atoms with Crippen LogP contribution in [0.1, 0.15) is 5.56 Å². The molecule has 2 N–H and O–H groups in total. The highest BCUT2D eigenvalue weighted by atomic mass is 35.5. The van der Waals surface area contributed by atoms with Gasteiger partial charge < -0.3 is 15.4 Å². The lowest BCUT2D eigenvalue weighted by Crippen LogP contribution is -2.28. The number of carbonyl (C=O) groups is 1. The van der Waals surface area contributed by atoms with Crippen LogP contribution in [0, 0.1) is 0 Å². The normalized spacial score (nSPS) is 10.1. The van der Waals surface area contributed by atoms with E-state index >= 15 is 0 Å². The second-order valence-electron chi connectivity index (χ2n) is 5.20. The standard InChI is InChI=1S/C19H16ClN3O2/c20-16-8-1-2-9-17(16)23-19(24)22-13-14-6-5-7-15(12-14)25-18-10-3-4-11-21-18/h1-12H,13H2,(H2,22,23,24). The number of pyridine rings is 1. The number of benzene rings is 2. The highest BCUT2D eigenvalue weighted by Gasteiger charge is 2.05. The molecule has 0 aliphatic heterocycles. The van der Waals surface area contributed by atoms with Gasteiger partial charge in [-0.25, -0.2) is 9.78 Å². The van der Waals surface area contributed by atoms with Crippen LogP contribution in [0.25, 0.3) is 0 Å². The van der Waals surface area contributed by atoms with Gasteiger partial charge in [0.25, 0.3) is 0 Å². The topological polar surface area (TPSA) is 63.2 Å². The molecule has 1 aromatic heterocycles. The summed E-state index contributed by atoms with van der Waals surface area (Å²) >= 11 is 6.02. The Morgan fingerprint density at radius 2 is 1.88 bits per heavy atom. The Morgan fingerprint density at radius 3 is 2.68 bits per heavy atom. The van der Waals surface area contributed by atoms with Gasteiger partial charge in [0.15, 0.2) is 0 Å². The van der Waals surface area contributed by atoms with Crippen LogP contribution in [0.4, 0.5) is 10.5 Å². The van der Waals surface area contributed by atoms with E-state index in [1.807, 2.05) is 36.4 Å². The molecule has 0 saturated heterocycles. The molecule has 25 heavy (non-hydrogen) atoms. The van der Waals surface area contributed by atoms with Gasteiger partial charge in [0, 0.05) is 18.8 Å². The number of amides is 2. The first-order valence-corrected chi connectivity index (χ1v) is 8.06. The summed E-state index contributed by atoms with van der Waals surface area (Å²) in [6.45, 7) is 0.357. The smallest absolute Gasteiger partial charge is 0.319 e. The van der Waals surface area contributed by atoms with Crippen molar-refractivity contribution in [3.63, 3.8) is 0 Å². The molecule has 0 spiro atoms. The number of nitrogens with one attached hydrogen (secondary N) is 2. The molecule has 0 radical (unpaired) electrons. The average Bonchev–Trinajstić information content (AvgIpc) is 2.63. The van der Waals surface area contributed by atoms with Gasteiger partial charge in [-0.1, -0.05) is 41.9 Å². The number of urea groups is 1. The summed E-state index contributed by atoms with van der Waals surface area (Å²) in [6.07, 6.45) is 1.67. The van der Waals surface area contributed by atoms with E-state index in [0.29, 0.717) is 28.9 Å². The van der Waals surface area contributed by atoms with Crippen LogP contribution in [0.5, 0.6) is 11.6 Å². The van der Waals surface area contributed by atoms with Crippen molar-refractivity contribution in [3.05, 3.63) is 83.5 Å². The van der Waals surface area contributed by atoms with Crippen molar-refractivity contribution in [1.82, 2.24) is 10.3 Å². The Bertz CT molecular complexity index is 856. The maximum Gasteiger partial charge on any atom is 0.319 e. The Labute approximate surface area is 150 Å². The summed E-state index contributed by atoms with van der Waals surface area (Å²) in [6, 6.07) is 19.6. The molecular formula is C19H16ClN3O2. The molecule has 2 amide bonds. The minimum absolute atomic E-state index is 0.329. The second-order valence-corrected chi connectivity index (χ2v) is 5.61. The monoisotopic (exact) mass is 353 g/mol. The van der Waals surface area contributed by atoms with Crippen LogP contribution >= 0.6 is 11.6 Å². The highest BCUT2D eigenvalue weighted by molar-refractivity contribution is 6.33. The zero-order valence-electron chi connectivity index (χ0n) is 13.3. The summed E-state index contributed by atoms with van der Waals surface area (Å²) in [5.41, 5.74) is 1.47. The molecule has 3 rings (SSSR count). The van der Waals surface area contributed by atoms with Crippen molar-refractivity contribution in [3.8, 4) is 11.6 Å². The number of rotatable bonds is 5. The van der Waals surface area contributed by atoms with Gasteiger partial charge in [-0.3, -0.25) is 0 Å². The van der Waals surface area contributed by atoms with Gasteiger partial charge in [-0.15, -0.1) is 0 Å². The van der Waals surface area contributed by atoms with Crippen LogP contribution < -0.4 is 15.4 Å². The van der Waals surface area contributed by atoms with Crippen molar-refractivity contribution in [1.29, 1.82) is 0 Å². The lowest BCUT2D eigenvalue weighted by Gasteiger charge is -2.10. The van der Waals surface area contributed by atoms with Crippen LogP contribution in [-0.4, -0.2) is 11.0 Å². The van der Waals surface area contributed by atoms with Gasteiger partial charge in [-0.2, -0.15) is 0 Å². The molecule has 0 saturated carbocycles. The maximum absolute atomic E-state index is 12.0. The molecule has 1 heterocycles. The number of hydrogen-bond acceptors (Lipinski definition) is 3.